The molecule has 2 rings (SSSR count). The van der Waals surface area contributed by atoms with Gasteiger partial charge in [-0.3, -0.25) is 14.8 Å². The number of rotatable bonds is 6. The van der Waals surface area contributed by atoms with Crippen molar-refractivity contribution >= 4 is 17.6 Å². The van der Waals surface area contributed by atoms with Gasteiger partial charge in [0.1, 0.15) is 6.04 Å². The first-order valence-electron chi connectivity index (χ1n) is 7.50. The van der Waals surface area contributed by atoms with Crippen molar-refractivity contribution in [1.82, 2.24) is 20.4 Å². The van der Waals surface area contributed by atoms with E-state index >= 15 is 0 Å². The molecule has 122 valence electrons. The summed E-state index contributed by atoms with van der Waals surface area (Å²) >= 11 is 0. The Hall–Kier alpha value is -2.83. The fourth-order valence-electron chi connectivity index (χ4n) is 2.04. The summed E-state index contributed by atoms with van der Waals surface area (Å²) in [6.45, 7) is 4.59. The molecule has 0 bridgehead atoms. The van der Waals surface area contributed by atoms with Gasteiger partial charge < -0.3 is 10.6 Å². The van der Waals surface area contributed by atoms with Gasteiger partial charge in [-0.15, -0.1) is 0 Å². The zero-order chi connectivity index (χ0) is 16.7. The molecule has 23 heavy (non-hydrogen) atoms. The molecule has 1 atom stereocenters. The molecule has 0 spiro atoms. The summed E-state index contributed by atoms with van der Waals surface area (Å²) in [6, 6.07) is 8.93. The van der Waals surface area contributed by atoms with Crippen LogP contribution >= 0.6 is 0 Å². The van der Waals surface area contributed by atoms with Gasteiger partial charge in [-0.05, 0) is 19.4 Å². The predicted molar refractivity (Wildman–Crippen MR) is 88.1 cm³/mol. The highest BCUT2D eigenvalue weighted by Gasteiger charge is 2.15. The number of carbonyl (C=O) groups excluding carboxylic acids is 2. The summed E-state index contributed by atoms with van der Waals surface area (Å²) in [5.74, 6) is -0.397. The Morgan fingerprint density at radius 3 is 2.70 bits per heavy atom. The van der Waals surface area contributed by atoms with Gasteiger partial charge in [0.05, 0.1) is 18.4 Å². The lowest BCUT2D eigenvalue weighted by atomic mass is 10.2. The van der Waals surface area contributed by atoms with Gasteiger partial charge in [0.15, 0.2) is 0 Å². The zero-order valence-corrected chi connectivity index (χ0v) is 13.2. The molecule has 0 aliphatic heterocycles. The summed E-state index contributed by atoms with van der Waals surface area (Å²) in [6.07, 6.45) is 3.47. The Morgan fingerprint density at radius 2 is 2.00 bits per heavy atom. The maximum atomic E-state index is 11.9. The van der Waals surface area contributed by atoms with Crippen LogP contribution in [0.1, 0.15) is 19.4 Å². The third-order valence-corrected chi connectivity index (χ3v) is 3.17. The van der Waals surface area contributed by atoms with Crippen molar-refractivity contribution in [3.8, 4) is 0 Å². The molecule has 2 aromatic rings. The number of benzene rings is 1. The topological polar surface area (TPSA) is 88.1 Å². The normalized spacial score (nSPS) is 11.6. The van der Waals surface area contributed by atoms with Crippen LogP contribution in [-0.4, -0.2) is 34.3 Å². The van der Waals surface area contributed by atoms with Gasteiger partial charge in [0, 0.05) is 12.7 Å². The van der Waals surface area contributed by atoms with Crippen molar-refractivity contribution in [2.45, 2.75) is 26.4 Å². The van der Waals surface area contributed by atoms with E-state index in [1.165, 1.54) is 0 Å². The van der Waals surface area contributed by atoms with Crippen molar-refractivity contribution in [2.24, 2.45) is 0 Å². The molecule has 7 heteroatoms. The predicted octanol–water partition coefficient (Wildman–Crippen LogP) is 1.58. The Labute approximate surface area is 135 Å². The van der Waals surface area contributed by atoms with Crippen LogP contribution in [0.4, 0.5) is 10.5 Å². The molecule has 3 amide bonds. The number of nitrogens with one attached hydrogen (secondary N) is 3. The Balaban J connectivity index is 1.88. The molecule has 1 aromatic carbocycles. The Bertz CT molecular complexity index is 654. The number of nitrogens with zero attached hydrogens (tertiary/aromatic N) is 2. The lowest BCUT2D eigenvalue weighted by Crippen LogP contribution is -2.45. The van der Waals surface area contributed by atoms with E-state index in [-0.39, 0.29) is 0 Å². The van der Waals surface area contributed by atoms with Crippen LogP contribution in [-0.2, 0) is 11.3 Å². The second-order valence-corrected chi connectivity index (χ2v) is 5.13. The highest BCUT2D eigenvalue weighted by atomic mass is 16.2. The minimum atomic E-state index is -0.549. The number of aromatic nitrogens is 2. The molecule has 0 fully saturated rings. The lowest BCUT2D eigenvalue weighted by molar-refractivity contribution is -0.120. The number of amides is 3. The van der Waals surface area contributed by atoms with E-state index in [0.29, 0.717) is 13.1 Å². The van der Waals surface area contributed by atoms with Gasteiger partial charge in [0.2, 0.25) is 5.91 Å². The third kappa shape index (κ3) is 5.14. The van der Waals surface area contributed by atoms with Crippen molar-refractivity contribution < 1.29 is 9.59 Å². The van der Waals surface area contributed by atoms with Gasteiger partial charge in [-0.1, -0.05) is 30.3 Å². The van der Waals surface area contributed by atoms with Crippen molar-refractivity contribution in [2.75, 3.05) is 11.9 Å². The molecule has 0 aliphatic carbocycles. The van der Waals surface area contributed by atoms with Crippen LogP contribution in [0.15, 0.2) is 42.7 Å². The van der Waals surface area contributed by atoms with E-state index in [0.717, 1.165) is 11.3 Å². The monoisotopic (exact) mass is 315 g/mol. The number of hydrogen-bond donors (Lipinski definition) is 3. The standard InChI is InChI=1S/C16H21N5O2/c1-3-17-16(23)20-15(22)12(2)19-14-9-18-21(11-14)10-13-7-5-4-6-8-13/h4-9,11-12,19H,3,10H2,1-2H3,(H2,17,20,22,23). The quantitative estimate of drug-likeness (QED) is 0.755. The smallest absolute Gasteiger partial charge is 0.321 e. The van der Waals surface area contributed by atoms with E-state index < -0.39 is 18.0 Å². The average molecular weight is 315 g/mol. The molecule has 0 aliphatic rings. The fourth-order valence-corrected chi connectivity index (χ4v) is 2.04. The SMILES string of the molecule is CCNC(=O)NC(=O)C(C)Nc1cnn(Cc2ccccc2)c1. The van der Waals surface area contributed by atoms with E-state index in [9.17, 15) is 9.59 Å². The summed E-state index contributed by atoms with van der Waals surface area (Å²) in [4.78, 5) is 23.2. The van der Waals surface area contributed by atoms with Crippen molar-refractivity contribution in [3.63, 3.8) is 0 Å². The number of urea groups is 1. The summed E-state index contributed by atoms with van der Waals surface area (Å²) in [7, 11) is 0. The van der Waals surface area contributed by atoms with Crippen LogP contribution in [0, 0.1) is 0 Å². The molecule has 1 unspecified atom stereocenters. The first-order valence-corrected chi connectivity index (χ1v) is 7.50. The van der Waals surface area contributed by atoms with Crippen LogP contribution in [0.2, 0.25) is 0 Å². The number of carbonyl (C=O) groups is 2. The number of imide groups is 1. The first-order chi connectivity index (χ1) is 11.1. The van der Waals surface area contributed by atoms with E-state index in [1.54, 1.807) is 24.7 Å². The van der Waals surface area contributed by atoms with Crippen molar-refractivity contribution in [1.29, 1.82) is 0 Å². The fraction of sp³-hybridized carbons (Fsp3) is 0.312. The Kier molecular flexibility index (Phi) is 5.74. The average Bonchev–Trinajstić information content (AvgIpc) is 2.95. The minimum Gasteiger partial charge on any atom is -0.371 e. The molecule has 1 heterocycles. The van der Waals surface area contributed by atoms with Gasteiger partial charge in [-0.2, -0.15) is 5.10 Å². The number of hydrogen-bond acceptors (Lipinski definition) is 4. The molecule has 0 saturated heterocycles. The van der Waals surface area contributed by atoms with Crippen LogP contribution in [0.25, 0.3) is 0 Å². The lowest BCUT2D eigenvalue weighted by Gasteiger charge is -2.13. The Morgan fingerprint density at radius 1 is 1.26 bits per heavy atom. The first kappa shape index (κ1) is 16.5. The molecular weight excluding hydrogens is 294 g/mol. The zero-order valence-electron chi connectivity index (χ0n) is 13.2. The van der Waals surface area contributed by atoms with E-state index in [4.69, 9.17) is 0 Å². The van der Waals surface area contributed by atoms with Gasteiger partial charge in [0.25, 0.3) is 0 Å². The maximum Gasteiger partial charge on any atom is 0.321 e. The van der Waals surface area contributed by atoms with Crippen LogP contribution in [0.3, 0.4) is 0 Å². The summed E-state index contributed by atoms with van der Waals surface area (Å²) in [5, 5.41) is 12.1. The number of anilines is 1. The minimum absolute atomic E-state index is 0.397. The largest absolute Gasteiger partial charge is 0.371 e. The second kappa shape index (κ2) is 7.98. The van der Waals surface area contributed by atoms with Gasteiger partial charge >= 0.3 is 6.03 Å². The van der Waals surface area contributed by atoms with Gasteiger partial charge in [-0.25, -0.2) is 4.79 Å². The summed E-state index contributed by atoms with van der Waals surface area (Å²) in [5.41, 5.74) is 1.86. The van der Waals surface area contributed by atoms with E-state index in [1.807, 2.05) is 36.5 Å². The maximum absolute atomic E-state index is 11.9. The third-order valence-electron chi connectivity index (χ3n) is 3.17. The summed E-state index contributed by atoms with van der Waals surface area (Å²) < 4.78 is 1.78. The van der Waals surface area contributed by atoms with Crippen LogP contribution < -0.4 is 16.0 Å². The molecule has 0 saturated carbocycles. The molecule has 7 nitrogen and oxygen atoms in total. The highest BCUT2D eigenvalue weighted by Crippen LogP contribution is 2.09. The van der Waals surface area contributed by atoms with E-state index in [2.05, 4.69) is 21.0 Å². The molecule has 3 N–H and O–H groups in total. The molecule has 0 radical (unpaired) electrons. The highest BCUT2D eigenvalue weighted by molar-refractivity contribution is 5.97. The van der Waals surface area contributed by atoms with Crippen molar-refractivity contribution in [3.05, 3.63) is 48.3 Å². The van der Waals surface area contributed by atoms with Crippen LogP contribution in [0.5, 0.6) is 0 Å². The second-order valence-electron chi connectivity index (χ2n) is 5.13. The molecule has 1 aromatic heterocycles. The molecular formula is C16H21N5O2.